The Morgan fingerprint density at radius 2 is 1.84 bits per heavy atom. The van der Waals surface area contributed by atoms with Gasteiger partial charge in [0.2, 0.25) is 0 Å². The van der Waals surface area contributed by atoms with Crippen molar-refractivity contribution in [2.24, 2.45) is 0 Å². The van der Waals surface area contributed by atoms with Crippen LogP contribution in [-0.4, -0.2) is 67.1 Å². The zero-order valence-electron chi connectivity index (χ0n) is 18.1. The van der Waals surface area contributed by atoms with Crippen molar-refractivity contribution in [2.75, 3.05) is 38.8 Å². The molecule has 31 heavy (non-hydrogen) atoms. The molecule has 2 amide bonds. The highest BCUT2D eigenvalue weighted by molar-refractivity contribution is 5.92. The van der Waals surface area contributed by atoms with Crippen molar-refractivity contribution in [1.82, 2.24) is 9.88 Å². The lowest BCUT2D eigenvalue weighted by molar-refractivity contribution is 0.0963. The second-order valence-electron chi connectivity index (χ2n) is 6.91. The van der Waals surface area contributed by atoms with Crippen LogP contribution in [0.4, 0.5) is 15.3 Å². The van der Waals surface area contributed by atoms with Gasteiger partial charge in [0, 0.05) is 18.8 Å². The average Bonchev–Trinajstić information content (AvgIpc) is 3.36. The summed E-state index contributed by atoms with van der Waals surface area (Å²) in [4.78, 5) is 31.0. The number of carbonyl (C=O) groups is 2. The van der Waals surface area contributed by atoms with Crippen LogP contribution in [0.25, 0.3) is 11.1 Å². The lowest BCUT2D eigenvalue weighted by Gasteiger charge is -2.17. The summed E-state index contributed by atoms with van der Waals surface area (Å²) in [5.74, 6) is 0.508. The SMILES string of the molecule is CC.COc1cc(-c2ccc(C3CN(C)C(=O)O3)nc2)ccc1N1CC(CO)OC1=O. The van der Waals surface area contributed by atoms with Gasteiger partial charge >= 0.3 is 12.2 Å². The van der Waals surface area contributed by atoms with Crippen molar-refractivity contribution < 1.29 is 28.9 Å². The van der Waals surface area contributed by atoms with Gasteiger partial charge in [-0.1, -0.05) is 26.0 Å². The number of anilines is 1. The Morgan fingerprint density at radius 3 is 2.39 bits per heavy atom. The number of ether oxygens (including phenoxy) is 3. The highest BCUT2D eigenvalue weighted by Gasteiger charge is 2.33. The first-order valence-electron chi connectivity index (χ1n) is 10.1. The van der Waals surface area contributed by atoms with Crippen LogP contribution in [0.2, 0.25) is 0 Å². The molecule has 166 valence electrons. The Balaban J connectivity index is 0.00000132. The fraction of sp³-hybridized carbons (Fsp3) is 0.409. The number of aliphatic hydroxyl groups excluding tert-OH is 1. The van der Waals surface area contributed by atoms with Crippen LogP contribution < -0.4 is 9.64 Å². The van der Waals surface area contributed by atoms with Crippen LogP contribution in [0, 0.1) is 0 Å². The number of hydrogen-bond donors (Lipinski definition) is 1. The van der Waals surface area contributed by atoms with E-state index in [9.17, 15) is 14.7 Å². The predicted octanol–water partition coefficient (Wildman–Crippen LogP) is 3.22. The van der Waals surface area contributed by atoms with E-state index in [0.717, 1.165) is 11.1 Å². The molecular weight excluding hydrogens is 402 g/mol. The minimum atomic E-state index is -0.549. The second-order valence-corrected chi connectivity index (χ2v) is 6.91. The maximum absolute atomic E-state index is 12.1. The normalized spacial score (nSPS) is 20.2. The summed E-state index contributed by atoms with van der Waals surface area (Å²) in [6.07, 6.45) is -0.0873. The number of hydrogen-bond acceptors (Lipinski definition) is 7. The summed E-state index contributed by atoms with van der Waals surface area (Å²) in [7, 11) is 3.21. The van der Waals surface area contributed by atoms with Crippen LogP contribution in [0.5, 0.6) is 5.75 Å². The van der Waals surface area contributed by atoms with Gasteiger partial charge in [-0.05, 0) is 23.8 Å². The Morgan fingerprint density at radius 1 is 1.10 bits per heavy atom. The van der Waals surface area contributed by atoms with E-state index in [4.69, 9.17) is 14.2 Å². The molecule has 2 fully saturated rings. The van der Waals surface area contributed by atoms with Gasteiger partial charge in [0.15, 0.2) is 6.10 Å². The summed E-state index contributed by atoms with van der Waals surface area (Å²) >= 11 is 0. The predicted molar refractivity (Wildman–Crippen MR) is 114 cm³/mol. The number of nitrogens with zero attached hydrogens (tertiary/aromatic N) is 3. The number of pyridine rings is 1. The van der Waals surface area contributed by atoms with Crippen LogP contribution in [0.3, 0.4) is 0 Å². The van der Waals surface area contributed by atoms with Crippen molar-refractivity contribution in [1.29, 1.82) is 0 Å². The van der Waals surface area contributed by atoms with Crippen molar-refractivity contribution in [3.05, 3.63) is 42.2 Å². The van der Waals surface area contributed by atoms with Crippen molar-refractivity contribution in [3.63, 3.8) is 0 Å². The molecule has 0 aliphatic carbocycles. The first-order chi connectivity index (χ1) is 15.0. The van der Waals surface area contributed by atoms with Gasteiger partial charge in [-0.2, -0.15) is 0 Å². The summed E-state index contributed by atoms with van der Waals surface area (Å²) in [6.45, 7) is 4.50. The molecule has 0 bridgehead atoms. The topological polar surface area (TPSA) is 101 Å². The maximum atomic E-state index is 12.1. The summed E-state index contributed by atoms with van der Waals surface area (Å²) < 4.78 is 15.9. The zero-order chi connectivity index (χ0) is 22.5. The highest BCUT2D eigenvalue weighted by Crippen LogP contribution is 2.35. The lowest BCUT2D eigenvalue weighted by atomic mass is 10.1. The molecule has 4 rings (SSSR count). The summed E-state index contributed by atoms with van der Waals surface area (Å²) in [5.41, 5.74) is 2.97. The standard InChI is InChI=1S/C20H21N3O6.C2H6/c1-22-10-18(29-19(22)25)15-5-3-13(8-21-15)12-4-6-16(17(7-12)27-2)23-9-14(11-24)28-20(23)26;1-2/h3-8,14,18,24H,9-11H2,1-2H3;1-2H3. The van der Waals surface area contributed by atoms with E-state index in [1.807, 2.05) is 38.1 Å². The first-order valence-corrected chi connectivity index (χ1v) is 10.1. The van der Waals surface area contributed by atoms with Gasteiger partial charge < -0.3 is 24.2 Å². The number of amides is 2. The van der Waals surface area contributed by atoms with E-state index in [1.165, 1.54) is 16.9 Å². The number of likely N-dealkylation sites (N-methyl/N-ethyl adjacent to an activating group) is 1. The smallest absolute Gasteiger partial charge is 0.414 e. The Kier molecular flexibility index (Phi) is 6.96. The van der Waals surface area contributed by atoms with Crippen LogP contribution >= 0.6 is 0 Å². The third-order valence-electron chi connectivity index (χ3n) is 4.99. The second kappa shape index (κ2) is 9.65. The molecule has 1 aromatic heterocycles. The van der Waals surface area contributed by atoms with Gasteiger partial charge in [-0.15, -0.1) is 0 Å². The zero-order valence-corrected chi connectivity index (χ0v) is 18.1. The van der Waals surface area contributed by atoms with Crippen LogP contribution in [0.1, 0.15) is 25.6 Å². The van der Waals surface area contributed by atoms with Crippen LogP contribution in [-0.2, 0) is 9.47 Å². The number of benzene rings is 1. The first kappa shape index (κ1) is 22.4. The van der Waals surface area contributed by atoms with Crippen molar-refractivity contribution in [2.45, 2.75) is 26.1 Å². The fourth-order valence-electron chi connectivity index (χ4n) is 3.39. The van der Waals surface area contributed by atoms with Gasteiger partial charge in [-0.25, -0.2) is 9.59 Å². The molecule has 2 aliphatic heterocycles. The van der Waals surface area contributed by atoms with Crippen molar-refractivity contribution >= 4 is 17.9 Å². The van der Waals surface area contributed by atoms with E-state index < -0.39 is 12.2 Å². The molecule has 2 unspecified atom stereocenters. The molecular formula is C22H27N3O6. The molecule has 2 saturated heterocycles. The molecule has 1 N–H and O–H groups in total. The largest absolute Gasteiger partial charge is 0.495 e. The van der Waals surface area contributed by atoms with Gasteiger partial charge in [-0.3, -0.25) is 9.88 Å². The molecule has 3 heterocycles. The molecule has 0 spiro atoms. The van der Waals surface area contributed by atoms with Gasteiger partial charge in [0.25, 0.3) is 0 Å². The monoisotopic (exact) mass is 429 g/mol. The number of aliphatic hydroxyl groups is 1. The highest BCUT2D eigenvalue weighted by atomic mass is 16.6. The molecule has 2 atom stereocenters. The molecule has 9 nitrogen and oxygen atoms in total. The van der Waals surface area contributed by atoms with Crippen molar-refractivity contribution in [3.8, 4) is 16.9 Å². The molecule has 0 radical (unpaired) electrons. The molecule has 2 aliphatic rings. The molecule has 0 saturated carbocycles. The number of rotatable bonds is 5. The third kappa shape index (κ3) is 4.56. The quantitative estimate of drug-likeness (QED) is 0.779. The summed E-state index contributed by atoms with van der Waals surface area (Å²) in [5, 5.41) is 9.23. The van der Waals surface area contributed by atoms with E-state index in [1.54, 1.807) is 19.3 Å². The molecule has 1 aromatic carbocycles. The summed E-state index contributed by atoms with van der Waals surface area (Å²) in [6, 6.07) is 9.18. The van der Waals surface area contributed by atoms with Gasteiger partial charge in [0.05, 0.1) is 38.2 Å². The van der Waals surface area contributed by atoms with E-state index in [0.29, 0.717) is 23.7 Å². The molecule has 2 aromatic rings. The van der Waals surface area contributed by atoms with E-state index in [-0.39, 0.29) is 25.3 Å². The minimum absolute atomic E-state index is 0.229. The maximum Gasteiger partial charge on any atom is 0.414 e. The van der Waals surface area contributed by atoms with Gasteiger partial charge in [0.1, 0.15) is 11.9 Å². The Bertz CT molecular complexity index is 933. The molecule has 9 heteroatoms. The Labute approximate surface area is 181 Å². The van der Waals surface area contributed by atoms with Crippen LogP contribution in [0.15, 0.2) is 36.5 Å². The fourth-order valence-corrected chi connectivity index (χ4v) is 3.39. The van der Waals surface area contributed by atoms with E-state index in [2.05, 4.69) is 4.98 Å². The number of cyclic esters (lactones) is 2. The third-order valence-corrected chi connectivity index (χ3v) is 4.99. The number of carbonyl (C=O) groups excluding carboxylic acids is 2. The number of methoxy groups -OCH3 is 1. The minimum Gasteiger partial charge on any atom is -0.495 e. The Hall–Kier alpha value is -3.33. The average molecular weight is 429 g/mol. The number of aromatic nitrogens is 1. The van der Waals surface area contributed by atoms with E-state index >= 15 is 0 Å². The lowest BCUT2D eigenvalue weighted by Crippen LogP contribution is -2.25.